The number of unbranched alkanes of at least 4 members (excludes halogenated alkanes) is 13. The first kappa shape index (κ1) is 39.2. The van der Waals surface area contributed by atoms with Crippen molar-refractivity contribution in [3.05, 3.63) is 0 Å². The molecule has 218 valence electrons. The summed E-state index contributed by atoms with van der Waals surface area (Å²) in [6.45, 7) is 3.31. The lowest BCUT2D eigenvalue weighted by molar-refractivity contribution is -0.147. The molecule has 0 aromatic heterocycles. The summed E-state index contributed by atoms with van der Waals surface area (Å²) in [5.41, 5.74) is 9.56. The minimum atomic E-state index is -4.82. The van der Waals surface area contributed by atoms with Gasteiger partial charge in [-0.2, -0.15) is 8.42 Å². The van der Waals surface area contributed by atoms with Gasteiger partial charge in [-0.25, -0.2) is 0 Å². The van der Waals surface area contributed by atoms with E-state index in [1.165, 1.54) is 64.2 Å². The Kier molecular flexibility index (Phi) is 32.6. The average Bonchev–Trinajstić information content (AvgIpc) is 2.84. The molecule has 0 spiro atoms. The van der Waals surface area contributed by atoms with Gasteiger partial charge in [-0.1, -0.05) is 90.4 Å². The number of carbonyl (C=O) groups excluding carboxylic acids is 1. The van der Waals surface area contributed by atoms with Crippen molar-refractivity contribution in [1.29, 1.82) is 0 Å². The lowest BCUT2D eigenvalue weighted by atomic mass is 10.0. The first-order valence-corrected chi connectivity index (χ1v) is 14.6. The Labute approximate surface area is 217 Å². The van der Waals surface area contributed by atoms with E-state index in [0.717, 1.165) is 19.3 Å². The minimum absolute atomic E-state index is 0.0972. The minimum Gasteiger partial charge on any atom is -0.480 e. The van der Waals surface area contributed by atoms with Crippen LogP contribution in [0.4, 0.5) is 0 Å². The van der Waals surface area contributed by atoms with Gasteiger partial charge in [0.1, 0.15) is 0 Å². The number of carboxylic acid groups (broad SMARTS) is 1. The molecular weight excluding hydrogens is 492 g/mol. The maximum atomic E-state index is 11.5. The van der Waals surface area contributed by atoms with Crippen molar-refractivity contribution < 1.29 is 42.6 Å². The zero-order valence-electron chi connectivity index (χ0n) is 22.1. The molecule has 12 heteroatoms. The number of esters is 1. The Balaban J connectivity index is -0.00000118. The summed E-state index contributed by atoms with van der Waals surface area (Å²) in [4.78, 5) is 22.2. The van der Waals surface area contributed by atoms with E-state index in [4.69, 9.17) is 36.1 Å². The van der Waals surface area contributed by atoms with Crippen molar-refractivity contribution in [2.24, 2.45) is 11.5 Å². The number of aliphatic carboxylic acids is 1. The molecule has 0 fully saturated rings. The molecule has 11 nitrogen and oxygen atoms in total. The van der Waals surface area contributed by atoms with E-state index in [1.807, 2.05) is 0 Å². The summed E-state index contributed by atoms with van der Waals surface area (Å²) in [6, 6.07) is 0. The van der Waals surface area contributed by atoms with Crippen LogP contribution in [0.25, 0.3) is 0 Å². The number of ether oxygens (including phenoxy) is 1. The van der Waals surface area contributed by atoms with E-state index in [9.17, 15) is 18.0 Å². The third-order valence-electron chi connectivity index (χ3n) is 5.01. The molecule has 8 N–H and O–H groups in total. The van der Waals surface area contributed by atoms with Gasteiger partial charge in [-0.3, -0.25) is 14.1 Å². The van der Waals surface area contributed by atoms with Gasteiger partial charge in [-0.05, 0) is 6.42 Å². The van der Waals surface area contributed by atoms with E-state index >= 15 is 0 Å². The molecule has 0 aliphatic carbocycles. The molecule has 0 saturated carbocycles. The second kappa shape index (κ2) is 29.9. The largest absolute Gasteiger partial charge is 0.480 e. The topological polar surface area (TPSA) is 210 Å². The van der Waals surface area contributed by atoms with E-state index in [2.05, 4.69) is 6.92 Å². The van der Waals surface area contributed by atoms with Crippen LogP contribution in [0, 0.1) is 0 Å². The average molecular weight is 545 g/mol. The molecule has 0 aromatic carbocycles. The fourth-order valence-corrected chi connectivity index (χ4v) is 3.61. The lowest BCUT2D eigenvalue weighted by Crippen LogP contribution is -2.32. The molecule has 0 heterocycles. The van der Waals surface area contributed by atoms with Crippen LogP contribution in [0.15, 0.2) is 0 Å². The summed E-state index contributed by atoms with van der Waals surface area (Å²) in [6.07, 6.45) is 16.1. The molecule has 0 aliphatic heterocycles. The van der Waals surface area contributed by atoms with Gasteiger partial charge in [0.25, 0.3) is 10.1 Å². The van der Waals surface area contributed by atoms with Gasteiger partial charge in [0, 0.05) is 13.1 Å². The fourth-order valence-electron chi connectivity index (χ4n) is 3.01. The zero-order chi connectivity index (χ0) is 28.1. The van der Waals surface area contributed by atoms with Crippen molar-refractivity contribution in [3.63, 3.8) is 0 Å². The quantitative estimate of drug-likeness (QED) is 0.0702. The van der Waals surface area contributed by atoms with Crippen molar-refractivity contribution >= 4 is 22.1 Å². The molecule has 0 saturated heterocycles. The molecule has 36 heavy (non-hydrogen) atoms. The van der Waals surface area contributed by atoms with Gasteiger partial charge in [0.05, 0.1) is 26.2 Å². The maximum Gasteiger partial charge on any atom is 0.325 e. The zero-order valence-corrected chi connectivity index (χ0v) is 22.9. The summed E-state index contributed by atoms with van der Waals surface area (Å²) < 4.78 is 35.4. The van der Waals surface area contributed by atoms with Crippen molar-refractivity contribution in [2.75, 3.05) is 32.9 Å². The molecule has 0 rings (SSSR count). The van der Waals surface area contributed by atoms with Crippen LogP contribution in [0.3, 0.4) is 0 Å². The third kappa shape index (κ3) is 32.7. The normalized spacial score (nSPS) is 11.5. The number of hydrogen-bond acceptors (Lipinski definition) is 9. The molecule has 1 atom stereocenters. The Morgan fingerprint density at radius 2 is 1.08 bits per heavy atom. The molecule has 0 aromatic rings. The van der Waals surface area contributed by atoms with Crippen LogP contribution >= 0.6 is 0 Å². The van der Waals surface area contributed by atoms with Crippen molar-refractivity contribution in [2.45, 2.75) is 108 Å². The van der Waals surface area contributed by atoms with Gasteiger partial charge in [-0.15, -0.1) is 0 Å². The summed E-state index contributed by atoms with van der Waals surface area (Å²) in [5.74, 6) is -2.70. The SMILES string of the molecule is CCCCCCCCCCCCCCCCOC(=O)CC(C(=O)O)S(=O)(=O)O.NCCO.NCCO. The summed E-state index contributed by atoms with van der Waals surface area (Å²) in [7, 11) is -4.82. The van der Waals surface area contributed by atoms with Crippen molar-refractivity contribution in [1.82, 2.24) is 0 Å². The first-order chi connectivity index (χ1) is 17.1. The Morgan fingerprint density at radius 3 is 1.36 bits per heavy atom. The number of hydrogen-bond donors (Lipinski definition) is 6. The molecule has 0 aliphatic rings. The molecule has 0 bridgehead atoms. The second-order valence-electron chi connectivity index (χ2n) is 8.39. The predicted molar refractivity (Wildman–Crippen MR) is 141 cm³/mol. The van der Waals surface area contributed by atoms with Gasteiger partial charge < -0.3 is 31.5 Å². The number of aliphatic hydroxyl groups excluding tert-OH is 2. The Bertz CT molecular complexity index is 582. The number of carbonyl (C=O) groups is 2. The van der Waals surface area contributed by atoms with Crippen LogP contribution in [0.5, 0.6) is 0 Å². The number of rotatable bonds is 21. The molecule has 0 amide bonds. The highest BCUT2D eigenvalue weighted by Crippen LogP contribution is 2.13. The van der Waals surface area contributed by atoms with Crippen LogP contribution in [0.1, 0.15) is 103 Å². The van der Waals surface area contributed by atoms with Gasteiger partial charge >= 0.3 is 11.9 Å². The number of carboxylic acids is 1. The smallest absolute Gasteiger partial charge is 0.325 e. The highest BCUT2D eigenvalue weighted by atomic mass is 32.2. The fraction of sp³-hybridized carbons (Fsp3) is 0.917. The van der Waals surface area contributed by atoms with Crippen LogP contribution in [0.2, 0.25) is 0 Å². The standard InChI is InChI=1S/C20H38O7S.2C2H7NO/c1-2-3-4-5-6-7-8-9-10-11-12-13-14-15-16-27-19(21)17-18(20(22)23)28(24,25)26;2*3-1-2-4/h18H,2-17H2,1H3,(H,22,23)(H,24,25,26);2*4H,1-3H2. The third-order valence-corrected chi connectivity index (χ3v) is 6.09. The second-order valence-corrected chi connectivity index (χ2v) is 9.99. The first-order valence-electron chi connectivity index (χ1n) is 13.1. The van der Waals surface area contributed by atoms with Gasteiger partial charge in [0.15, 0.2) is 5.25 Å². The molecule has 1 unspecified atom stereocenters. The molecular formula is C24H52N2O9S. The van der Waals surface area contributed by atoms with Crippen LogP contribution < -0.4 is 11.5 Å². The predicted octanol–water partition coefficient (Wildman–Crippen LogP) is 2.62. The summed E-state index contributed by atoms with van der Waals surface area (Å²) >= 11 is 0. The van der Waals surface area contributed by atoms with Gasteiger partial charge in [0.2, 0.25) is 0 Å². The highest BCUT2D eigenvalue weighted by molar-refractivity contribution is 7.87. The molecule has 0 radical (unpaired) electrons. The van der Waals surface area contributed by atoms with Crippen molar-refractivity contribution in [3.8, 4) is 0 Å². The monoisotopic (exact) mass is 544 g/mol. The van der Waals surface area contributed by atoms with E-state index in [1.54, 1.807) is 0 Å². The van der Waals surface area contributed by atoms with Crippen LogP contribution in [-0.4, -0.2) is 78.4 Å². The Morgan fingerprint density at radius 1 is 0.750 bits per heavy atom. The lowest BCUT2D eigenvalue weighted by Gasteiger charge is -2.09. The van der Waals surface area contributed by atoms with E-state index in [0.29, 0.717) is 19.5 Å². The highest BCUT2D eigenvalue weighted by Gasteiger charge is 2.33. The summed E-state index contributed by atoms with van der Waals surface area (Å²) in [5, 5.41) is 22.0. The maximum absolute atomic E-state index is 11.5. The number of aliphatic hydroxyl groups is 2. The Hall–Kier alpha value is -1.31. The van der Waals surface area contributed by atoms with E-state index in [-0.39, 0.29) is 19.8 Å². The van der Waals surface area contributed by atoms with E-state index < -0.39 is 33.7 Å². The number of nitrogens with two attached hydrogens (primary N) is 2. The van der Waals surface area contributed by atoms with Crippen LogP contribution in [-0.2, 0) is 24.4 Å².